The first kappa shape index (κ1) is 12.1. The van der Waals surface area contributed by atoms with Gasteiger partial charge in [-0.15, -0.1) is 11.3 Å². The second-order valence-electron chi connectivity index (χ2n) is 4.00. The first-order chi connectivity index (χ1) is 9.22. The fourth-order valence-electron chi connectivity index (χ4n) is 1.77. The number of nitrogens with zero attached hydrogens (tertiary/aromatic N) is 1. The highest BCUT2D eigenvalue weighted by Crippen LogP contribution is 2.22. The Morgan fingerprint density at radius 3 is 2.95 bits per heavy atom. The number of aromatic nitrogens is 1. The molecule has 1 N–H and O–H groups in total. The number of fused-ring (bicyclic) bond motifs is 1. The third kappa shape index (κ3) is 2.59. The monoisotopic (exact) mass is 288 g/mol. The Hall–Kier alpha value is -1.91. The lowest BCUT2D eigenvalue weighted by atomic mass is 10.2. The van der Waals surface area contributed by atoms with E-state index in [-0.39, 0.29) is 5.91 Å². The largest absolute Gasteiger partial charge is 0.322 e. The number of benzene rings is 2. The molecule has 3 rings (SSSR count). The van der Waals surface area contributed by atoms with Crippen molar-refractivity contribution < 1.29 is 4.79 Å². The zero-order valence-corrected chi connectivity index (χ0v) is 11.3. The number of anilines is 1. The van der Waals surface area contributed by atoms with Crippen LogP contribution in [0.3, 0.4) is 0 Å². The summed E-state index contributed by atoms with van der Waals surface area (Å²) < 4.78 is 1.10. The highest BCUT2D eigenvalue weighted by molar-refractivity contribution is 7.16. The molecule has 0 saturated heterocycles. The van der Waals surface area contributed by atoms with Crippen LogP contribution in [-0.2, 0) is 0 Å². The molecule has 1 heterocycles. The Morgan fingerprint density at radius 1 is 1.21 bits per heavy atom. The number of hydrogen-bond acceptors (Lipinski definition) is 3. The van der Waals surface area contributed by atoms with Crippen LogP contribution in [-0.4, -0.2) is 10.9 Å². The molecule has 1 amide bonds. The number of nitrogens with one attached hydrogen (secondary N) is 1. The second-order valence-corrected chi connectivity index (χ2v) is 5.32. The van der Waals surface area contributed by atoms with E-state index < -0.39 is 0 Å². The van der Waals surface area contributed by atoms with Gasteiger partial charge >= 0.3 is 0 Å². The van der Waals surface area contributed by atoms with E-state index in [0.29, 0.717) is 10.6 Å². The molecule has 3 nitrogen and oxygen atoms in total. The Labute approximate surface area is 118 Å². The van der Waals surface area contributed by atoms with Gasteiger partial charge in [0.2, 0.25) is 0 Å². The summed E-state index contributed by atoms with van der Waals surface area (Å²) in [5, 5.41) is 3.38. The van der Waals surface area contributed by atoms with E-state index >= 15 is 0 Å². The van der Waals surface area contributed by atoms with Gasteiger partial charge in [0.25, 0.3) is 5.91 Å². The molecule has 0 atom stereocenters. The molecule has 5 heteroatoms. The standard InChI is InChI=1S/C14H9ClN2OS/c15-10-3-1-2-9(6-10)14(18)17-11-4-5-13-12(7-11)16-8-19-13/h1-8H,(H,17,18). The van der Waals surface area contributed by atoms with Crippen molar-refractivity contribution in [3.8, 4) is 0 Å². The summed E-state index contributed by atoms with van der Waals surface area (Å²) in [6.07, 6.45) is 0. The normalized spacial score (nSPS) is 10.6. The van der Waals surface area contributed by atoms with Gasteiger partial charge in [-0.3, -0.25) is 4.79 Å². The molecule has 94 valence electrons. The average Bonchev–Trinajstić information content (AvgIpc) is 2.86. The molecule has 0 saturated carbocycles. The van der Waals surface area contributed by atoms with Gasteiger partial charge in [0, 0.05) is 16.3 Å². The Bertz CT molecular complexity index is 754. The molecule has 0 fully saturated rings. The van der Waals surface area contributed by atoms with E-state index in [1.165, 1.54) is 0 Å². The lowest BCUT2D eigenvalue weighted by Crippen LogP contribution is -2.11. The lowest BCUT2D eigenvalue weighted by Gasteiger charge is -2.05. The fourth-order valence-corrected chi connectivity index (χ4v) is 2.62. The zero-order valence-electron chi connectivity index (χ0n) is 9.76. The van der Waals surface area contributed by atoms with Crippen molar-refractivity contribution in [1.29, 1.82) is 0 Å². The number of carbonyl (C=O) groups excluding carboxylic acids is 1. The number of amides is 1. The molecule has 2 aromatic carbocycles. The smallest absolute Gasteiger partial charge is 0.255 e. The number of thiazole rings is 1. The maximum Gasteiger partial charge on any atom is 0.255 e. The first-order valence-corrected chi connectivity index (χ1v) is 6.88. The number of hydrogen-bond donors (Lipinski definition) is 1. The zero-order chi connectivity index (χ0) is 13.2. The molecule has 0 unspecified atom stereocenters. The third-order valence-electron chi connectivity index (χ3n) is 2.68. The molecule has 1 aromatic heterocycles. The van der Waals surface area contributed by atoms with E-state index in [1.807, 2.05) is 18.2 Å². The molecule has 0 aliphatic rings. The Balaban J connectivity index is 1.86. The van der Waals surface area contributed by atoms with Crippen molar-refractivity contribution in [2.45, 2.75) is 0 Å². The average molecular weight is 289 g/mol. The second kappa shape index (κ2) is 4.99. The third-order valence-corrected chi connectivity index (χ3v) is 3.72. The van der Waals surface area contributed by atoms with Crippen LogP contribution in [0.1, 0.15) is 10.4 Å². The number of rotatable bonds is 2. The van der Waals surface area contributed by atoms with E-state index in [1.54, 1.807) is 41.1 Å². The minimum atomic E-state index is -0.183. The minimum Gasteiger partial charge on any atom is -0.322 e. The van der Waals surface area contributed by atoms with E-state index in [2.05, 4.69) is 10.3 Å². The molecule has 3 aromatic rings. The van der Waals surface area contributed by atoms with Crippen LogP contribution in [0.5, 0.6) is 0 Å². The maximum atomic E-state index is 12.1. The van der Waals surface area contributed by atoms with Crippen molar-refractivity contribution in [2.75, 3.05) is 5.32 Å². The molecule has 0 aliphatic heterocycles. The molecule has 0 bridgehead atoms. The number of halogens is 1. The predicted molar refractivity (Wildman–Crippen MR) is 79.0 cm³/mol. The molecular weight excluding hydrogens is 280 g/mol. The number of carbonyl (C=O) groups is 1. The molecular formula is C14H9ClN2OS. The summed E-state index contributed by atoms with van der Waals surface area (Å²) in [5.74, 6) is -0.183. The Morgan fingerprint density at radius 2 is 2.11 bits per heavy atom. The van der Waals surface area contributed by atoms with Crippen LogP contribution in [0.4, 0.5) is 5.69 Å². The molecule has 19 heavy (non-hydrogen) atoms. The minimum absolute atomic E-state index is 0.183. The summed E-state index contributed by atoms with van der Waals surface area (Å²) in [5.41, 5.74) is 3.93. The summed E-state index contributed by atoms with van der Waals surface area (Å²) in [6, 6.07) is 12.5. The van der Waals surface area contributed by atoms with Crippen LogP contribution < -0.4 is 5.32 Å². The van der Waals surface area contributed by atoms with Gasteiger partial charge in [-0.25, -0.2) is 4.98 Å². The van der Waals surface area contributed by atoms with Gasteiger partial charge in [-0.05, 0) is 36.4 Å². The van der Waals surface area contributed by atoms with Crippen molar-refractivity contribution in [3.63, 3.8) is 0 Å². The van der Waals surface area contributed by atoms with E-state index in [9.17, 15) is 4.79 Å². The van der Waals surface area contributed by atoms with Crippen molar-refractivity contribution >= 4 is 44.7 Å². The van der Waals surface area contributed by atoms with Gasteiger partial charge in [0.15, 0.2) is 0 Å². The quantitative estimate of drug-likeness (QED) is 0.768. The predicted octanol–water partition coefficient (Wildman–Crippen LogP) is 4.20. The summed E-state index contributed by atoms with van der Waals surface area (Å²) in [7, 11) is 0. The SMILES string of the molecule is O=C(Nc1ccc2scnc2c1)c1cccc(Cl)c1. The fraction of sp³-hybridized carbons (Fsp3) is 0. The molecule has 0 spiro atoms. The van der Waals surface area contributed by atoms with E-state index in [0.717, 1.165) is 15.9 Å². The lowest BCUT2D eigenvalue weighted by molar-refractivity contribution is 0.102. The highest BCUT2D eigenvalue weighted by Gasteiger charge is 2.07. The topological polar surface area (TPSA) is 42.0 Å². The first-order valence-electron chi connectivity index (χ1n) is 5.62. The summed E-state index contributed by atoms with van der Waals surface area (Å²) >= 11 is 7.44. The van der Waals surface area contributed by atoms with Gasteiger partial charge in [0.05, 0.1) is 15.7 Å². The van der Waals surface area contributed by atoms with Crippen LogP contribution in [0.25, 0.3) is 10.2 Å². The summed E-state index contributed by atoms with van der Waals surface area (Å²) in [6.45, 7) is 0. The van der Waals surface area contributed by atoms with Crippen molar-refractivity contribution in [2.24, 2.45) is 0 Å². The van der Waals surface area contributed by atoms with Gasteiger partial charge in [-0.1, -0.05) is 17.7 Å². The van der Waals surface area contributed by atoms with Gasteiger partial charge < -0.3 is 5.32 Å². The van der Waals surface area contributed by atoms with Crippen molar-refractivity contribution in [1.82, 2.24) is 4.98 Å². The Kier molecular flexibility index (Phi) is 3.19. The summed E-state index contributed by atoms with van der Waals surface area (Å²) in [4.78, 5) is 16.3. The van der Waals surface area contributed by atoms with Crippen molar-refractivity contribution in [3.05, 3.63) is 58.6 Å². The van der Waals surface area contributed by atoms with Gasteiger partial charge in [0.1, 0.15) is 0 Å². The van der Waals surface area contributed by atoms with Crippen LogP contribution >= 0.6 is 22.9 Å². The van der Waals surface area contributed by atoms with Crippen LogP contribution in [0.15, 0.2) is 48.0 Å². The highest BCUT2D eigenvalue weighted by atomic mass is 35.5. The van der Waals surface area contributed by atoms with E-state index in [4.69, 9.17) is 11.6 Å². The van der Waals surface area contributed by atoms with Crippen LogP contribution in [0, 0.1) is 0 Å². The van der Waals surface area contributed by atoms with Gasteiger partial charge in [-0.2, -0.15) is 0 Å². The molecule has 0 aliphatic carbocycles. The van der Waals surface area contributed by atoms with Crippen LogP contribution in [0.2, 0.25) is 5.02 Å². The maximum absolute atomic E-state index is 12.1. The molecule has 0 radical (unpaired) electrons.